The van der Waals surface area contributed by atoms with Crippen molar-refractivity contribution in [2.75, 3.05) is 4.90 Å². The molecule has 2 unspecified atom stereocenters. The molecule has 2 aromatic heterocycles. The minimum atomic E-state index is -5.25. The van der Waals surface area contributed by atoms with Crippen LogP contribution in [0.5, 0.6) is 5.88 Å². The molecule has 3 aromatic rings. The molecule has 4 radical (unpaired) electrons. The third-order valence-corrected chi connectivity index (χ3v) is 7.72. The number of amides is 2. The maximum Gasteiger partial charge on any atom is 0.426 e. The van der Waals surface area contributed by atoms with Gasteiger partial charge in [-0.2, -0.15) is 31.2 Å². The van der Waals surface area contributed by atoms with Crippen molar-refractivity contribution < 1.29 is 59.3 Å². The van der Waals surface area contributed by atoms with E-state index in [1.165, 1.54) is 60.6 Å². The van der Waals surface area contributed by atoms with Gasteiger partial charge in [-0.15, -0.1) is 10.2 Å². The molecule has 1 aromatic carbocycles. The zero-order valence-electron chi connectivity index (χ0n) is 30.1. The number of carbonyl (C=O) groups excluding carboxylic acids is 2. The Morgan fingerprint density at radius 3 is 2.04 bits per heavy atom. The topological polar surface area (TPSA) is 126 Å². The average molecular weight is 750 g/mol. The Morgan fingerprint density at radius 2 is 1.51 bits per heavy atom. The molecule has 0 N–H and O–H groups in total. The van der Waals surface area contributed by atoms with E-state index in [1.54, 1.807) is 18.2 Å². The van der Waals surface area contributed by atoms with Gasteiger partial charge in [-0.25, -0.2) is 14.6 Å². The van der Waals surface area contributed by atoms with Gasteiger partial charge in [0.05, 0.1) is 34.1 Å². The number of ether oxygens (including phenoxy) is 4. The summed E-state index contributed by atoms with van der Waals surface area (Å²) in [7, 11) is 12.4. The van der Waals surface area contributed by atoms with Crippen LogP contribution in [0.2, 0.25) is 11.6 Å². The molecular weight excluding hydrogens is 712 g/mol. The van der Waals surface area contributed by atoms with E-state index in [1.807, 2.05) is 0 Å². The highest BCUT2D eigenvalue weighted by Gasteiger charge is 2.61. The molecule has 4 rings (SSSR count). The average Bonchev–Trinajstić information content (AvgIpc) is 3.49. The molecule has 1 aliphatic heterocycles. The summed E-state index contributed by atoms with van der Waals surface area (Å²) >= 11 is 0. The Labute approximate surface area is 304 Å². The number of halogens is 6. The van der Waals surface area contributed by atoms with Crippen LogP contribution in [0.3, 0.4) is 0 Å². The first-order valence-corrected chi connectivity index (χ1v) is 16.5. The molecular formula is C34H38B2F6N4O7. The van der Waals surface area contributed by atoms with Crippen molar-refractivity contribution in [3.63, 3.8) is 0 Å². The lowest BCUT2D eigenvalue weighted by atomic mass is 9.62. The van der Waals surface area contributed by atoms with E-state index in [0.29, 0.717) is 11.6 Å². The van der Waals surface area contributed by atoms with Crippen molar-refractivity contribution in [3.8, 4) is 17.5 Å². The molecule has 0 saturated carbocycles. The Hall–Kier alpha value is -4.28. The summed E-state index contributed by atoms with van der Waals surface area (Å²) in [6.07, 6.45) is -16.2. The maximum absolute atomic E-state index is 15.3. The van der Waals surface area contributed by atoms with E-state index < -0.39 is 113 Å². The second kappa shape index (κ2) is 15.2. The van der Waals surface area contributed by atoms with Gasteiger partial charge >= 0.3 is 24.5 Å². The van der Waals surface area contributed by atoms with E-state index in [0.717, 1.165) is 0 Å². The van der Waals surface area contributed by atoms with Crippen molar-refractivity contribution in [2.45, 2.75) is 121 Å². The van der Waals surface area contributed by atoms with Gasteiger partial charge in [-0.05, 0) is 72.9 Å². The number of rotatable bonds is 4. The number of benzene rings is 1. The standard InChI is InChI=1S/C34H38B2F6N4O7/c1-18-15-22(36)21(35)13-14-32(34(40,41)42,49-17-19-11-9-8-10-12-19)27-45-44-26(51-27)24-23(16-20(33(37,38)39)25(43-24)50-18)46(28(47)52-30(2,3)4)29(48)53-31(5,6)7/h8-12,16,18,21-22H,13-15,17H2,1-7H3/t18-,21?,22?,32-/m1/s1. The van der Waals surface area contributed by atoms with Crippen molar-refractivity contribution in [1.82, 2.24) is 15.2 Å². The van der Waals surface area contributed by atoms with Crippen molar-refractivity contribution in [3.05, 3.63) is 53.4 Å². The quantitative estimate of drug-likeness (QED) is 0.189. The smallest absolute Gasteiger partial charge is 0.426 e. The van der Waals surface area contributed by atoms with Crippen LogP contribution < -0.4 is 9.64 Å². The fourth-order valence-corrected chi connectivity index (χ4v) is 5.22. The number of carbonyl (C=O) groups is 2. The molecule has 1 aliphatic rings. The Balaban J connectivity index is 2.06. The first-order chi connectivity index (χ1) is 24.3. The molecule has 0 saturated heterocycles. The van der Waals surface area contributed by atoms with Crippen molar-refractivity contribution in [1.29, 1.82) is 0 Å². The normalized spacial score (nSPS) is 21.6. The third-order valence-electron chi connectivity index (χ3n) is 7.72. The van der Waals surface area contributed by atoms with Crippen LogP contribution >= 0.6 is 0 Å². The van der Waals surface area contributed by atoms with Crippen LogP contribution in [0.4, 0.5) is 41.6 Å². The summed E-state index contributed by atoms with van der Waals surface area (Å²) in [5, 5.41) is 7.36. The van der Waals surface area contributed by atoms with E-state index >= 15 is 13.2 Å². The minimum absolute atomic E-state index is 0.103. The largest absolute Gasteiger partial charge is 0.474 e. The molecule has 2 amide bonds. The number of imide groups is 1. The third kappa shape index (κ3) is 10.0. The first-order valence-electron chi connectivity index (χ1n) is 16.5. The molecule has 11 nitrogen and oxygen atoms in total. The summed E-state index contributed by atoms with van der Waals surface area (Å²) in [4.78, 5) is 31.3. The Kier molecular flexibility index (Phi) is 11.9. The number of hydrogen-bond acceptors (Lipinski definition) is 10. The first kappa shape index (κ1) is 41.5. The van der Waals surface area contributed by atoms with Crippen LogP contribution in [0.1, 0.15) is 84.7 Å². The highest BCUT2D eigenvalue weighted by atomic mass is 19.4. The van der Waals surface area contributed by atoms with Gasteiger partial charge in [-0.3, -0.25) is 0 Å². The minimum Gasteiger partial charge on any atom is -0.474 e. The second-order valence-corrected chi connectivity index (χ2v) is 14.5. The highest BCUT2D eigenvalue weighted by Crippen LogP contribution is 2.49. The Bertz CT molecular complexity index is 1730. The molecule has 0 aliphatic carbocycles. The summed E-state index contributed by atoms with van der Waals surface area (Å²) in [5.74, 6) is -5.41. The zero-order chi connectivity index (χ0) is 39.7. The lowest BCUT2D eigenvalue weighted by molar-refractivity contribution is -0.300. The fraction of sp³-hybridized carbons (Fsp3) is 0.559. The number of aromatic nitrogens is 3. The van der Waals surface area contributed by atoms with E-state index in [2.05, 4.69) is 15.2 Å². The number of hydrogen-bond donors (Lipinski definition) is 0. The van der Waals surface area contributed by atoms with Crippen LogP contribution in [0.15, 0.2) is 40.8 Å². The lowest BCUT2D eigenvalue weighted by Crippen LogP contribution is -2.45. The number of pyridine rings is 1. The molecule has 284 valence electrons. The highest BCUT2D eigenvalue weighted by molar-refractivity contribution is 6.21. The van der Waals surface area contributed by atoms with E-state index in [9.17, 15) is 22.8 Å². The molecule has 0 fully saturated rings. The van der Waals surface area contributed by atoms with Crippen LogP contribution in [-0.2, 0) is 32.6 Å². The Morgan fingerprint density at radius 1 is 0.925 bits per heavy atom. The summed E-state index contributed by atoms with van der Waals surface area (Å²) in [5.41, 5.74) is -9.00. The van der Waals surface area contributed by atoms with Gasteiger partial charge in [0.1, 0.15) is 16.8 Å². The monoisotopic (exact) mass is 750 g/mol. The summed E-state index contributed by atoms with van der Waals surface area (Å²) in [6.45, 7) is 9.31. The van der Waals surface area contributed by atoms with Crippen LogP contribution in [-0.4, -0.2) is 66.5 Å². The predicted octanol–water partition coefficient (Wildman–Crippen LogP) is 8.67. The number of nitrogens with zero attached hydrogens (tertiary/aromatic N) is 4. The van der Waals surface area contributed by atoms with Gasteiger partial charge in [0.25, 0.3) is 11.8 Å². The fourth-order valence-electron chi connectivity index (χ4n) is 5.22. The van der Waals surface area contributed by atoms with E-state index in [4.69, 9.17) is 39.1 Å². The van der Waals surface area contributed by atoms with Gasteiger partial charge < -0.3 is 23.4 Å². The van der Waals surface area contributed by atoms with E-state index in [-0.39, 0.29) is 11.3 Å². The molecule has 53 heavy (non-hydrogen) atoms. The van der Waals surface area contributed by atoms with Gasteiger partial charge in [-0.1, -0.05) is 48.4 Å². The SMILES string of the molecule is [B]C1CC[C@](OCc2ccccc2)(C(F)(F)F)c2nnc(o2)-c2nc(c(C(F)(F)F)cc2N(C(=O)OC(C)(C)C)C(=O)OC(C)(C)C)O[C@H](C)CC1[B]. The number of anilines is 1. The summed E-state index contributed by atoms with van der Waals surface area (Å²) in [6, 6.07) is 8.20. The van der Waals surface area contributed by atoms with Crippen LogP contribution in [0, 0.1) is 0 Å². The summed E-state index contributed by atoms with van der Waals surface area (Å²) < 4.78 is 118. The molecule has 4 atom stereocenters. The van der Waals surface area contributed by atoms with Gasteiger partial charge in [0.15, 0.2) is 5.69 Å². The van der Waals surface area contributed by atoms with Crippen molar-refractivity contribution in [2.24, 2.45) is 0 Å². The molecule has 3 heterocycles. The predicted molar refractivity (Wildman–Crippen MR) is 179 cm³/mol. The number of fused-ring (bicyclic) bond motifs is 5. The lowest BCUT2D eigenvalue weighted by Gasteiger charge is -2.35. The maximum atomic E-state index is 15.3. The van der Waals surface area contributed by atoms with Crippen molar-refractivity contribution >= 4 is 33.6 Å². The second-order valence-electron chi connectivity index (χ2n) is 14.5. The molecule has 4 bridgehead atoms. The molecule has 19 heteroatoms. The van der Waals surface area contributed by atoms with Gasteiger partial charge in [0, 0.05) is 0 Å². The van der Waals surface area contributed by atoms with Crippen LogP contribution in [0.25, 0.3) is 11.6 Å². The number of alkyl halides is 6. The van der Waals surface area contributed by atoms with Gasteiger partial charge in [0.2, 0.25) is 11.5 Å². The zero-order valence-corrected chi connectivity index (χ0v) is 30.1. The molecule has 0 spiro atoms.